The molecule has 3 aromatic rings. The van der Waals surface area contributed by atoms with Crippen molar-refractivity contribution in [1.82, 2.24) is 15.2 Å². The highest BCUT2D eigenvalue weighted by Gasteiger charge is 2.29. The van der Waals surface area contributed by atoms with Gasteiger partial charge in [-0.15, -0.1) is 0 Å². The van der Waals surface area contributed by atoms with Gasteiger partial charge in [0.2, 0.25) is 0 Å². The first-order chi connectivity index (χ1) is 17.5. The fourth-order valence-electron chi connectivity index (χ4n) is 5.18. The van der Waals surface area contributed by atoms with E-state index >= 15 is 0 Å². The molecule has 0 spiro atoms. The Morgan fingerprint density at radius 1 is 1.17 bits per heavy atom. The first-order valence-corrected chi connectivity index (χ1v) is 12.4. The number of nitrogens with one attached hydrogen (secondary N) is 1. The summed E-state index contributed by atoms with van der Waals surface area (Å²) in [6.45, 7) is 2.27. The lowest BCUT2D eigenvalue weighted by atomic mass is 9.81. The van der Waals surface area contributed by atoms with Gasteiger partial charge in [-0.1, -0.05) is 11.8 Å². The number of halogens is 2. The van der Waals surface area contributed by atoms with Gasteiger partial charge in [-0.2, -0.15) is 0 Å². The van der Waals surface area contributed by atoms with Crippen LogP contribution in [0.5, 0.6) is 5.75 Å². The van der Waals surface area contributed by atoms with Crippen molar-refractivity contribution in [3.8, 4) is 17.6 Å². The molecule has 7 heteroatoms. The highest BCUT2D eigenvalue weighted by atomic mass is 19.1. The number of pyridine rings is 1. The monoisotopic (exact) mass is 493 g/mol. The van der Waals surface area contributed by atoms with E-state index < -0.39 is 11.6 Å². The van der Waals surface area contributed by atoms with E-state index in [1.165, 1.54) is 17.7 Å². The van der Waals surface area contributed by atoms with Gasteiger partial charge in [0.05, 0.1) is 19.2 Å². The summed E-state index contributed by atoms with van der Waals surface area (Å²) >= 11 is 0. The number of likely N-dealkylation sites (tertiary alicyclic amines) is 1. The largest absolute Gasteiger partial charge is 0.497 e. The van der Waals surface area contributed by atoms with E-state index in [0.717, 1.165) is 55.1 Å². The number of aliphatic hydroxyl groups excluding tert-OH is 1. The van der Waals surface area contributed by atoms with Crippen LogP contribution in [0.4, 0.5) is 8.78 Å². The molecule has 1 aromatic heterocycles. The smallest absolute Gasteiger partial charge is 0.127 e. The summed E-state index contributed by atoms with van der Waals surface area (Å²) in [5.74, 6) is 6.01. The molecule has 2 heterocycles. The molecule has 0 saturated carbocycles. The Hall–Kier alpha value is -3.05. The maximum absolute atomic E-state index is 13.4. The van der Waals surface area contributed by atoms with E-state index in [2.05, 4.69) is 33.1 Å². The van der Waals surface area contributed by atoms with Crippen LogP contribution in [-0.4, -0.2) is 55.4 Å². The van der Waals surface area contributed by atoms with Crippen LogP contribution in [0.25, 0.3) is 10.9 Å². The van der Waals surface area contributed by atoms with Crippen LogP contribution in [0.1, 0.15) is 36.4 Å². The van der Waals surface area contributed by atoms with Crippen LogP contribution in [0.2, 0.25) is 0 Å². The summed E-state index contributed by atoms with van der Waals surface area (Å²) in [4.78, 5) is 6.71. The summed E-state index contributed by atoms with van der Waals surface area (Å²) < 4.78 is 32.2. The number of aliphatic hydroxyl groups is 1. The van der Waals surface area contributed by atoms with Crippen molar-refractivity contribution in [2.75, 3.05) is 40.4 Å². The van der Waals surface area contributed by atoms with E-state index in [4.69, 9.17) is 4.74 Å². The molecule has 0 bridgehead atoms. The van der Waals surface area contributed by atoms with Gasteiger partial charge in [-0.25, -0.2) is 8.78 Å². The molecule has 4 rings (SSSR count). The van der Waals surface area contributed by atoms with Crippen molar-refractivity contribution in [2.24, 2.45) is 11.8 Å². The second-order valence-corrected chi connectivity index (χ2v) is 9.39. The summed E-state index contributed by atoms with van der Waals surface area (Å²) in [5.41, 5.74) is 2.47. The van der Waals surface area contributed by atoms with Gasteiger partial charge in [0.25, 0.3) is 0 Å². The molecule has 1 aliphatic heterocycles. The highest BCUT2D eigenvalue weighted by Crippen LogP contribution is 2.33. The zero-order valence-corrected chi connectivity index (χ0v) is 20.8. The average molecular weight is 494 g/mol. The van der Waals surface area contributed by atoms with Crippen molar-refractivity contribution in [3.63, 3.8) is 0 Å². The van der Waals surface area contributed by atoms with Crippen LogP contribution < -0.4 is 10.1 Å². The number of ether oxygens (including phenoxy) is 1. The minimum absolute atomic E-state index is 0.128. The fraction of sp³-hybridized carbons (Fsp3) is 0.414. The zero-order valence-electron chi connectivity index (χ0n) is 20.8. The third-order valence-corrected chi connectivity index (χ3v) is 7.14. The Kier molecular flexibility index (Phi) is 8.87. The fourth-order valence-corrected chi connectivity index (χ4v) is 5.18. The number of piperidine rings is 1. The third-order valence-electron chi connectivity index (χ3n) is 7.14. The molecular weight excluding hydrogens is 460 g/mol. The quantitative estimate of drug-likeness (QED) is 0.451. The molecule has 2 N–H and O–H groups in total. The summed E-state index contributed by atoms with van der Waals surface area (Å²) in [6, 6.07) is 11.5. The number of aromatic nitrogens is 1. The van der Waals surface area contributed by atoms with Crippen molar-refractivity contribution in [1.29, 1.82) is 0 Å². The average Bonchev–Trinajstić information content (AvgIpc) is 2.88. The van der Waals surface area contributed by atoms with Crippen LogP contribution in [0, 0.1) is 35.3 Å². The maximum atomic E-state index is 13.4. The summed E-state index contributed by atoms with van der Waals surface area (Å²) in [7, 11) is 3.65. The zero-order chi connectivity index (χ0) is 25.5. The number of hydrogen-bond donors (Lipinski definition) is 2. The SMILES string of the molecule is CNC(CC[C@@H]1CCN(CC#Cc2cc(F)cc(F)c2)C[C@@H]1CO)c1ccnc2ccc(OC)cc12. The molecule has 1 saturated heterocycles. The summed E-state index contributed by atoms with van der Waals surface area (Å²) in [6.07, 6.45) is 4.76. The number of hydrogen-bond acceptors (Lipinski definition) is 5. The van der Waals surface area contributed by atoms with Crippen LogP contribution in [0.15, 0.2) is 48.7 Å². The van der Waals surface area contributed by atoms with Crippen molar-refractivity contribution < 1.29 is 18.6 Å². The minimum Gasteiger partial charge on any atom is -0.497 e. The predicted octanol–water partition coefficient (Wildman–Crippen LogP) is 4.54. The standard InChI is InChI=1S/C29H33F2N3O2/c1-32-28(26-9-11-33-29-8-6-25(36-2)17-27(26)29)7-5-21-10-13-34(18-22(21)19-35)12-3-4-20-14-23(30)16-24(31)15-20/h6,8-9,11,14-17,21-22,28,32,35H,5,7,10,12-13,18-19H2,1-2H3/t21-,22-,28?/m1/s1. The van der Waals surface area contributed by atoms with Gasteiger partial charge in [0.1, 0.15) is 17.4 Å². The number of methoxy groups -OCH3 is 1. The van der Waals surface area contributed by atoms with Crippen molar-refractivity contribution in [3.05, 3.63) is 71.4 Å². The summed E-state index contributed by atoms with van der Waals surface area (Å²) in [5, 5.41) is 14.7. The molecule has 2 aromatic carbocycles. The molecule has 36 heavy (non-hydrogen) atoms. The molecule has 1 fully saturated rings. The first-order valence-electron chi connectivity index (χ1n) is 12.4. The molecule has 1 aliphatic rings. The van der Waals surface area contributed by atoms with Crippen LogP contribution in [-0.2, 0) is 0 Å². The van der Waals surface area contributed by atoms with Gasteiger partial charge in [0, 0.05) is 42.4 Å². The van der Waals surface area contributed by atoms with E-state index in [1.54, 1.807) is 7.11 Å². The molecule has 5 nitrogen and oxygen atoms in total. The molecule has 0 aliphatic carbocycles. The Morgan fingerprint density at radius 2 is 1.97 bits per heavy atom. The Balaban J connectivity index is 1.37. The van der Waals surface area contributed by atoms with Crippen LogP contribution in [0.3, 0.4) is 0 Å². The molecule has 0 radical (unpaired) electrons. The molecule has 3 atom stereocenters. The molecule has 1 unspecified atom stereocenters. The number of rotatable bonds is 8. The Morgan fingerprint density at radius 3 is 2.69 bits per heavy atom. The maximum Gasteiger partial charge on any atom is 0.127 e. The van der Waals surface area contributed by atoms with Gasteiger partial charge < -0.3 is 15.2 Å². The third kappa shape index (κ3) is 6.38. The molecule has 190 valence electrons. The second-order valence-electron chi connectivity index (χ2n) is 9.39. The molecule has 0 amide bonds. The predicted molar refractivity (Wildman–Crippen MR) is 138 cm³/mol. The lowest BCUT2D eigenvalue weighted by Gasteiger charge is -2.37. The van der Waals surface area contributed by atoms with E-state index in [-0.39, 0.29) is 18.6 Å². The number of benzene rings is 2. The normalized spacial score (nSPS) is 19.0. The van der Waals surface area contributed by atoms with Gasteiger partial charge in [-0.3, -0.25) is 9.88 Å². The van der Waals surface area contributed by atoms with Crippen molar-refractivity contribution in [2.45, 2.75) is 25.3 Å². The number of fused-ring (bicyclic) bond motifs is 1. The van der Waals surface area contributed by atoms with Gasteiger partial charge in [0.15, 0.2) is 0 Å². The van der Waals surface area contributed by atoms with Crippen LogP contribution >= 0.6 is 0 Å². The van der Waals surface area contributed by atoms with Crippen molar-refractivity contribution >= 4 is 10.9 Å². The van der Waals surface area contributed by atoms with E-state index in [0.29, 0.717) is 18.0 Å². The highest BCUT2D eigenvalue weighted by molar-refractivity contribution is 5.84. The Bertz CT molecular complexity index is 1220. The first kappa shape index (κ1) is 26.0. The molecular formula is C29H33F2N3O2. The van der Waals surface area contributed by atoms with Gasteiger partial charge in [-0.05, 0) is 86.7 Å². The van der Waals surface area contributed by atoms with E-state index in [9.17, 15) is 13.9 Å². The van der Waals surface area contributed by atoms with E-state index in [1.807, 2.05) is 31.4 Å². The topological polar surface area (TPSA) is 57.6 Å². The number of nitrogens with zero attached hydrogens (tertiary/aromatic N) is 2. The van der Waals surface area contributed by atoms with Gasteiger partial charge >= 0.3 is 0 Å². The minimum atomic E-state index is -0.626. The second kappa shape index (κ2) is 12.3. The Labute approximate surface area is 211 Å². The lowest BCUT2D eigenvalue weighted by Crippen LogP contribution is -2.42. The lowest BCUT2D eigenvalue weighted by molar-refractivity contribution is 0.0734.